The molecule has 80 heavy (non-hydrogen) atoms. The summed E-state index contributed by atoms with van der Waals surface area (Å²) in [5.74, 6) is 1.81. The molecule has 6 heteroatoms. The molecule has 10 aromatic rings. The molecule has 0 spiro atoms. The molecule has 0 heterocycles. The number of hydrogen-bond acceptors (Lipinski definition) is 2. The Kier molecular flexibility index (Phi) is 14.5. The first-order valence-corrected chi connectivity index (χ1v) is 27.8. The summed E-state index contributed by atoms with van der Waals surface area (Å²) in [6.45, 7) is 15.9. The van der Waals surface area contributed by atoms with E-state index in [0.717, 1.165) is 55.6 Å². The first kappa shape index (κ1) is 53.5. The summed E-state index contributed by atoms with van der Waals surface area (Å²) in [4.78, 5) is 0. The quantitative estimate of drug-likeness (QED) is 0.114. The van der Waals surface area contributed by atoms with Crippen molar-refractivity contribution in [3.63, 3.8) is 0 Å². The maximum Gasteiger partial charge on any atom is 0.127 e. The zero-order valence-electron chi connectivity index (χ0n) is 46.4. The molecule has 0 radical (unpaired) electrons. The molecule has 0 atom stereocenters. The van der Waals surface area contributed by atoms with Gasteiger partial charge in [-0.05, 0) is 185 Å². The number of halogens is 4. The highest BCUT2D eigenvalue weighted by atomic mass is 19.1. The Morgan fingerprint density at radius 2 is 0.562 bits per heavy atom. The van der Waals surface area contributed by atoms with Gasteiger partial charge in [-0.1, -0.05) is 201 Å². The number of rotatable bonds is 12. The third-order valence-electron chi connectivity index (χ3n) is 16.2. The highest BCUT2D eigenvalue weighted by Crippen LogP contribution is 2.58. The van der Waals surface area contributed by atoms with Gasteiger partial charge in [0.2, 0.25) is 0 Å². The fourth-order valence-electron chi connectivity index (χ4n) is 12.4. The van der Waals surface area contributed by atoms with Crippen LogP contribution in [0.15, 0.2) is 218 Å². The summed E-state index contributed by atoms with van der Waals surface area (Å²) >= 11 is 0. The molecule has 0 saturated carbocycles. The lowest BCUT2D eigenvalue weighted by atomic mass is 9.67. The van der Waals surface area contributed by atoms with Crippen molar-refractivity contribution in [2.75, 3.05) is 0 Å². The van der Waals surface area contributed by atoms with Crippen LogP contribution < -0.4 is 9.47 Å². The van der Waals surface area contributed by atoms with E-state index in [1.807, 2.05) is 128 Å². The van der Waals surface area contributed by atoms with E-state index in [1.165, 1.54) is 23.3 Å². The van der Waals surface area contributed by atoms with Crippen molar-refractivity contribution in [2.45, 2.75) is 89.9 Å². The van der Waals surface area contributed by atoms with Crippen LogP contribution in [0.25, 0.3) is 22.3 Å². The number of hydrogen-bond donors (Lipinski definition) is 0. The Morgan fingerprint density at radius 1 is 0.263 bits per heavy atom. The molecule has 0 saturated heterocycles. The van der Waals surface area contributed by atoms with Crippen molar-refractivity contribution in [1.29, 1.82) is 0 Å². The average Bonchev–Trinajstić information content (AvgIpc) is 4.05. The minimum atomic E-state index is -0.792. The number of benzene rings is 10. The van der Waals surface area contributed by atoms with Crippen LogP contribution in [0.3, 0.4) is 0 Å². The van der Waals surface area contributed by atoms with E-state index in [0.29, 0.717) is 45.3 Å². The van der Waals surface area contributed by atoms with Crippen molar-refractivity contribution in [3.8, 4) is 45.3 Å². The van der Waals surface area contributed by atoms with Crippen LogP contribution in [0, 0.1) is 23.3 Å². The van der Waals surface area contributed by atoms with Crippen LogP contribution in [0.5, 0.6) is 23.0 Å². The number of fused-ring (bicyclic) bond motifs is 6. The predicted molar refractivity (Wildman–Crippen MR) is 317 cm³/mol. The molecule has 2 aliphatic rings. The van der Waals surface area contributed by atoms with Gasteiger partial charge < -0.3 is 9.47 Å². The lowest BCUT2D eigenvalue weighted by Crippen LogP contribution is -2.29. The van der Waals surface area contributed by atoms with Crippen molar-refractivity contribution in [1.82, 2.24) is 0 Å². The second kappa shape index (κ2) is 21.6. The smallest absolute Gasteiger partial charge is 0.127 e. The van der Waals surface area contributed by atoms with Crippen LogP contribution in [0.4, 0.5) is 17.6 Å². The van der Waals surface area contributed by atoms with Gasteiger partial charge in [0.25, 0.3) is 0 Å². The van der Waals surface area contributed by atoms with E-state index in [1.54, 1.807) is 36.4 Å². The summed E-state index contributed by atoms with van der Waals surface area (Å²) < 4.78 is 72.6. The summed E-state index contributed by atoms with van der Waals surface area (Å²) in [5.41, 5.74) is 13.8. The van der Waals surface area contributed by atoms with Crippen molar-refractivity contribution < 1.29 is 27.0 Å². The molecule has 0 N–H and O–H groups in total. The van der Waals surface area contributed by atoms with E-state index >= 15 is 8.78 Å². The SMILES string of the molecule is CC(C)c1cc(Oc2cccc(C3(c4cccc(Oc5ccc(F)c(C(C)C)c5)c4)c4ccccc4-c4ccccc43)c2)ccc1F.CC(C)c1ccc(C2(c3ccc(C(C)C)c(F)c3)c3ccccc3-c3ccccc32)cc1F. The van der Waals surface area contributed by atoms with E-state index < -0.39 is 10.8 Å². The van der Waals surface area contributed by atoms with Crippen molar-refractivity contribution in [3.05, 3.63) is 308 Å². The third kappa shape index (κ3) is 9.28. The minimum Gasteiger partial charge on any atom is -0.457 e. The molecule has 0 bridgehead atoms. The fraction of sp³-hybridized carbons (Fsp3) is 0.189. The highest BCUT2D eigenvalue weighted by molar-refractivity contribution is 5.87. The first-order chi connectivity index (χ1) is 38.6. The number of ether oxygens (including phenoxy) is 2. The Bertz CT molecular complexity index is 3690. The van der Waals surface area contributed by atoms with Gasteiger partial charge in [0.05, 0.1) is 10.8 Å². The molecule has 2 aliphatic carbocycles. The molecule has 0 amide bonds. The van der Waals surface area contributed by atoms with Gasteiger partial charge in [0.1, 0.15) is 46.3 Å². The Hall–Kier alpha value is -8.48. The summed E-state index contributed by atoms with van der Waals surface area (Å²) in [6, 6.07) is 70.8. The van der Waals surface area contributed by atoms with E-state index in [2.05, 4.69) is 97.1 Å². The average molecular weight is 1060 g/mol. The molecule has 0 unspecified atom stereocenters. The highest BCUT2D eigenvalue weighted by Gasteiger charge is 2.48. The maximum absolute atomic E-state index is 15.4. The van der Waals surface area contributed by atoms with Crippen molar-refractivity contribution in [2.24, 2.45) is 0 Å². The summed E-state index contributed by atoms with van der Waals surface area (Å²) in [6.07, 6.45) is 0. The largest absolute Gasteiger partial charge is 0.457 e. The van der Waals surface area contributed by atoms with Crippen LogP contribution in [-0.4, -0.2) is 0 Å². The van der Waals surface area contributed by atoms with Crippen LogP contribution in [0.1, 0.15) is 146 Å². The second-order valence-corrected chi connectivity index (χ2v) is 22.4. The zero-order chi connectivity index (χ0) is 56.0. The van der Waals surface area contributed by atoms with E-state index in [4.69, 9.17) is 9.47 Å². The fourth-order valence-corrected chi connectivity index (χ4v) is 12.4. The first-order valence-electron chi connectivity index (χ1n) is 27.8. The Labute approximate surface area is 468 Å². The van der Waals surface area contributed by atoms with Gasteiger partial charge in [0.15, 0.2) is 0 Å². The Balaban J connectivity index is 0.000000179. The lowest BCUT2D eigenvalue weighted by molar-refractivity contribution is 0.475. The van der Waals surface area contributed by atoms with Crippen LogP contribution in [0.2, 0.25) is 0 Å². The molecule has 0 fully saturated rings. The lowest BCUT2D eigenvalue weighted by Gasteiger charge is -2.34. The predicted octanol–water partition coefficient (Wildman–Crippen LogP) is 20.7. The molecule has 400 valence electrons. The molecular formula is C74H64F4O2. The topological polar surface area (TPSA) is 18.5 Å². The van der Waals surface area contributed by atoms with E-state index in [9.17, 15) is 8.78 Å². The van der Waals surface area contributed by atoms with E-state index in [-0.39, 0.29) is 46.9 Å². The van der Waals surface area contributed by atoms with Crippen LogP contribution >= 0.6 is 0 Å². The van der Waals surface area contributed by atoms with Gasteiger partial charge >= 0.3 is 0 Å². The van der Waals surface area contributed by atoms with Gasteiger partial charge in [-0.15, -0.1) is 0 Å². The minimum absolute atomic E-state index is 0.0287. The molecule has 2 nitrogen and oxygen atoms in total. The Morgan fingerprint density at radius 3 is 0.875 bits per heavy atom. The third-order valence-corrected chi connectivity index (χ3v) is 16.2. The molecule has 12 rings (SSSR count). The second-order valence-electron chi connectivity index (χ2n) is 22.4. The van der Waals surface area contributed by atoms with Gasteiger partial charge in [0, 0.05) is 0 Å². The van der Waals surface area contributed by atoms with Crippen molar-refractivity contribution >= 4 is 0 Å². The summed E-state index contributed by atoms with van der Waals surface area (Å²) in [5, 5.41) is 0. The molecule has 0 aliphatic heterocycles. The van der Waals surface area contributed by atoms with Gasteiger partial charge in [-0.25, -0.2) is 17.6 Å². The zero-order valence-corrected chi connectivity index (χ0v) is 46.4. The molecular weight excluding hydrogens is 997 g/mol. The van der Waals surface area contributed by atoms with Gasteiger partial charge in [-0.2, -0.15) is 0 Å². The monoisotopic (exact) mass is 1060 g/mol. The standard InChI is InChI=1S/C43H36F2O2.C31H28F2/c1-27(2)37-25-33(19-21-41(37)44)46-31-13-9-11-29(23-31)43(39-17-7-5-15-35(39)36-16-6-8-18-40(36)43)30-12-10-14-32(24-30)47-34-20-22-42(45)38(26-34)28(3)4;1-19(2)23-15-13-21(17-29(23)32)31(22-14-16-24(20(3)4)30(33)18-22)27-11-7-5-9-25(27)26-10-6-8-12-28(26)31/h5-28H,1-4H3;5-20H,1-4H3. The summed E-state index contributed by atoms with van der Waals surface area (Å²) in [7, 11) is 0. The van der Waals surface area contributed by atoms with Crippen LogP contribution in [-0.2, 0) is 10.8 Å². The molecule has 10 aromatic carbocycles. The normalized spacial score (nSPS) is 13.4. The van der Waals surface area contributed by atoms with Gasteiger partial charge in [-0.3, -0.25) is 0 Å². The maximum atomic E-state index is 15.4. The molecule has 0 aromatic heterocycles.